The molecule has 1 aliphatic carbocycles. The van der Waals surface area contributed by atoms with E-state index in [0.717, 1.165) is 37.9 Å². The first-order valence-electron chi connectivity index (χ1n) is 10.2. The van der Waals surface area contributed by atoms with E-state index in [4.69, 9.17) is 9.47 Å². The molecule has 2 nitrogen and oxygen atoms in total. The van der Waals surface area contributed by atoms with Gasteiger partial charge in [0.25, 0.3) is 0 Å². The van der Waals surface area contributed by atoms with Gasteiger partial charge in [-0.15, -0.1) is 0 Å². The Morgan fingerprint density at radius 2 is 1.58 bits per heavy atom. The quantitative estimate of drug-likeness (QED) is 0.557. The van der Waals surface area contributed by atoms with Crippen LogP contribution in [0.25, 0.3) is 0 Å². The van der Waals surface area contributed by atoms with Crippen LogP contribution in [0.15, 0.2) is 24.3 Å². The van der Waals surface area contributed by atoms with Gasteiger partial charge in [-0.3, -0.25) is 0 Å². The molecule has 0 unspecified atom stereocenters. The Hall–Kier alpha value is -0.860. The minimum absolute atomic E-state index is 0.0210. The maximum atomic E-state index is 5.52. The first kappa shape index (κ1) is 17.9. The summed E-state index contributed by atoms with van der Waals surface area (Å²) >= 11 is 0. The van der Waals surface area contributed by atoms with Crippen LogP contribution < -0.4 is 0 Å². The first-order valence-corrected chi connectivity index (χ1v) is 10.2. The van der Waals surface area contributed by atoms with Gasteiger partial charge in [0.2, 0.25) is 0 Å². The molecule has 3 rings (SSSR count). The number of ether oxygens (including phenoxy) is 2. The minimum atomic E-state index is 0.0210. The summed E-state index contributed by atoms with van der Waals surface area (Å²) in [7, 11) is 0. The lowest BCUT2D eigenvalue weighted by Crippen LogP contribution is -2.13. The summed E-state index contributed by atoms with van der Waals surface area (Å²) in [5.74, 6) is 1.79. The normalized spacial score (nSPS) is 25.2. The molecule has 0 bridgehead atoms. The van der Waals surface area contributed by atoms with Crippen LogP contribution >= 0.6 is 0 Å². The number of unbranched alkanes of at least 4 members (excludes halogenated alkanes) is 2. The van der Waals surface area contributed by atoms with Crippen LogP contribution in [0.3, 0.4) is 0 Å². The Balaban J connectivity index is 1.41. The average Bonchev–Trinajstić information content (AvgIpc) is 3.15. The van der Waals surface area contributed by atoms with Crippen LogP contribution in [0.4, 0.5) is 0 Å². The van der Waals surface area contributed by atoms with E-state index < -0.39 is 0 Å². The largest absolute Gasteiger partial charge is 0.350 e. The molecule has 0 aromatic heterocycles. The third kappa shape index (κ3) is 5.32. The third-order valence-corrected chi connectivity index (χ3v) is 5.87. The second kappa shape index (κ2) is 9.58. The summed E-state index contributed by atoms with van der Waals surface area (Å²) in [6, 6.07) is 9.37. The van der Waals surface area contributed by atoms with Gasteiger partial charge in [0, 0.05) is 6.42 Å². The molecule has 0 N–H and O–H groups in total. The summed E-state index contributed by atoms with van der Waals surface area (Å²) < 4.78 is 11.0. The summed E-state index contributed by atoms with van der Waals surface area (Å²) in [4.78, 5) is 0. The van der Waals surface area contributed by atoms with Crippen LogP contribution in [0.2, 0.25) is 0 Å². The zero-order chi connectivity index (χ0) is 16.6. The number of aryl methyl sites for hydroxylation is 1. The van der Waals surface area contributed by atoms with Gasteiger partial charge < -0.3 is 9.47 Å². The average molecular weight is 331 g/mol. The lowest BCUT2D eigenvalue weighted by atomic mass is 9.77. The van der Waals surface area contributed by atoms with E-state index in [9.17, 15) is 0 Å². The molecule has 1 saturated carbocycles. The van der Waals surface area contributed by atoms with Crippen LogP contribution in [0.1, 0.15) is 81.8 Å². The maximum absolute atomic E-state index is 5.52. The van der Waals surface area contributed by atoms with Crippen molar-refractivity contribution >= 4 is 0 Å². The maximum Gasteiger partial charge on any atom is 0.158 e. The Kier molecular flexibility index (Phi) is 7.16. The number of rotatable bonds is 8. The summed E-state index contributed by atoms with van der Waals surface area (Å²) in [5, 5.41) is 0. The van der Waals surface area contributed by atoms with E-state index in [0.29, 0.717) is 0 Å². The lowest BCUT2D eigenvalue weighted by Gasteiger charge is -2.29. The molecule has 2 aliphatic rings. The monoisotopic (exact) mass is 330 g/mol. The van der Waals surface area contributed by atoms with Crippen molar-refractivity contribution in [2.75, 3.05) is 13.2 Å². The Labute approximate surface area is 147 Å². The second-order valence-corrected chi connectivity index (χ2v) is 7.66. The minimum Gasteiger partial charge on any atom is -0.350 e. The van der Waals surface area contributed by atoms with Gasteiger partial charge in [0.1, 0.15) is 0 Å². The van der Waals surface area contributed by atoms with E-state index >= 15 is 0 Å². The van der Waals surface area contributed by atoms with E-state index in [2.05, 4.69) is 31.2 Å². The van der Waals surface area contributed by atoms with Crippen LogP contribution in [0, 0.1) is 5.92 Å². The third-order valence-electron chi connectivity index (χ3n) is 5.87. The van der Waals surface area contributed by atoms with E-state index in [-0.39, 0.29) is 6.29 Å². The van der Waals surface area contributed by atoms with Crippen molar-refractivity contribution in [1.29, 1.82) is 0 Å². The fraction of sp³-hybridized carbons (Fsp3) is 0.727. The zero-order valence-corrected chi connectivity index (χ0v) is 15.3. The fourth-order valence-electron chi connectivity index (χ4n) is 4.28. The predicted octanol–water partition coefficient (Wildman–Crippen LogP) is 5.85. The Morgan fingerprint density at radius 3 is 2.25 bits per heavy atom. The highest BCUT2D eigenvalue weighted by atomic mass is 16.7. The number of benzene rings is 1. The van der Waals surface area contributed by atoms with Crippen LogP contribution in [0.5, 0.6) is 0 Å². The first-order chi connectivity index (χ1) is 11.8. The van der Waals surface area contributed by atoms with E-state index in [1.807, 2.05) is 0 Å². The predicted molar refractivity (Wildman–Crippen MR) is 99.3 cm³/mol. The number of hydrogen-bond acceptors (Lipinski definition) is 2. The zero-order valence-electron chi connectivity index (χ0n) is 15.3. The van der Waals surface area contributed by atoms with Crippen molar-refractivity contribution in [3.63, 3.8) is 0 Å². The highest BCUT2D eigenvalue weighted by Crippen LogP contribution is 2.37. The molecule has 0 radical (unpaired) electrons. The SMILES string of the molecule is CCCCCC1CCC(c2ccc(CCC3OCCO3)cc2)CC1. The molecule has 0 amide bonds. The van der Waals surface area contributed by atoms with Crippen molar-refractivity contribution < 1.29 is 9.47 Å². The Morgan fingerprint density at radius 1 is 0.875 bits per heavy atom. The molecule has 24 heavy (non-hydrogen) atoms. The molecule has 1 aromatic rings. The smallest absolute Gasteiger partial charge is 0.158 e. The molecule has 0 atom stereocenters. The van der Waals surface area contributed by atoms with Crippen molar-refractivity contribution in [3.8, 4) is 0 Å². The van der Waals surface area contributed by atoms with Crippen molar-refractivity contribution in [2.24, 2.45) is 5.92 Å². The highest BCUT2D eigenvalue weighted by molar-refractivity contribution is 5.26. The molecular formula is C22H34O2. The molecule has 2 fully saturated rings. The fourth-order valence-corrected chi connectivity index (χ4v) is 4.28. The van der Waals surface area contributed by atoms with Gasteiger partial charge >= 0.3 is 0 Å². The molecule has 2 heteroatoms. The topological polar surface area (TPSA) is 18.5 Å². The summed E-state index contributed by atoms with van der Waals surface area (Å²) in [6.45, 7) is 3.81. The van der Waals surface area contributed by atoms with Gasteiger partial charge in [-0.1, -0.05) is 56.9 Å². The molecule has 1 aromatic carbocycles. The standard InChI is InChI=1S/C22H34O2/c1-2-3-4-5-18-6-11-20(12-7-18)21-13-8-19(9-14-21)10-15-22-23-16-17-24-22/h8-9,13-14,18,20,22H,2-7,10-12,15-17H2,1H3. The van der Waals surface area contributed by atoms with Crippen molar-refractivity contribution in [2.45, 2.75) is 83.3 Å². The van der Waals surface area contributed by atoms with Gasteiger partial charge in [-0.25, -0.2) is 0 Å². The molecule has 134 valence electrons. The van der Waals surface area contributed by atoms with Crippen molar-refractivity contribution in [3.05, 3.63) is 35.4 Å². The number of hydrogen-bond donors (Lipinski definition) is 0. The highest BCUT2D eigenvalue weighted by Gasteiger charge is 2.22. The molecule has 1 aliphatic heterocycles. The molecule has 0 spiro atoms. The van der Waals surface area contributed by atoms with Gasteiger partial charge in [0.15, 0.2) is 6.29 Å². The van der Waals surface area contributed by atoms with Gasteiger partial charge in [-0.05, 0) is 55.1 Å². The second-order valence-electron chi connectivity index (χ2n) is 7.66. The van der Waals surface area contributed by atoms with E-state index in [1.54, 1.807) is 5.56 Å². The summed E-state index contributed by atoms with van der Waals surface area (Å²) in [6.07, 6.45) is 13.4. The van der Waals surface area contributed by atoms with E-state index in [1.165, 1.54) is 56.9 Å². The van der Waals surface area contributed by atoms with Gasteiger partial charge in [-0.2, -0.15) is 0 Å². The van der Waals surface area contributed by atoms with Gasteiger partial charge in [0.05, 0.1) is 13.2 Å². The van der Waals surface area contributed by atoms with Crippen molar-refractivity contribution in [1.82, 2.24) is 0 Å². The lowest BCUT2D eigenvalue weighted by molar-refractivity contribution is -0.0461. The molecular weight excluding hydrogens is 296 g/mol. The Bertz CT molecular complexity index is 453. The van der Waals surface area contributed by atoms with Crippen LogP contribution in [-0.4, -0.2) is 19.5 Å². The molecule has 1 saturated heterocycles. The van der Waals surface area contributed by atoms with Crippen LogP contribution in [-0.2, 0) is 15.9 Å². The summed E-state index contributed by atoms with van der Waals surface area (Å²) in [5.41, 5.74) is 2.96. The molecule has 1 heterocycles.